The molecule has 9 nitrogen and oxygen atoms in total. The summed E-state index contributed by atoms with van der Waals surface area (Å²) in [6.07, 6.45) is 0.220. The standard InChI is InChI=1S/C35H36ClFN4O5S2/c1-5-24-20-40(48(43,44)29-15-11-10-14-27(29)46-24)19-23-18-28(47-33(23)36)30(25-16-17-26-32(31(25)37)38-39-41(26)6-2)35(3,4)34(42)45-21-22-12-8-7-9-13-22/h7-18,24,30H,5-6,19-21H2,1-4H3/t24-,30+/m1/s1. The Morgan fingerprint density at radius 3 is 2.58 bits per heavy atom. The molecule has 1 aliphatic heterocycles. The third kappa shape index (κ3) is 6.34. The quantitative estimate of drug-likeness (QED) is 0.138. The van der Waals surface area contributed by atoms with Crippen LogP contribution in [-0.2, 0) is 39.3 Å². The van der Waals surface area contributed by atoms with Crippen molar-refractivity contribution in [2.24, 2.45) is 5.41 Å². The zero-order valence-corrected chi connectivity index (χ0v) is 29.4. The molecule has 0 saturated heterocycles. The Morgan fingerprint density at radius 1 is 1.12 bits per heavy atom. The Morgan fingerprint density at radius 2 is 1.85 bits per heavy atom. The number of nitrogens with zero attached hydrogens (tertiary/aromatic N) is 4. The number of halogens is 2. The fraction of sp³-hybridized carbons (Fsp3) is 0.343. The van der Waals surface area contributed by atoms with Crippen molar-refractivity contribution in [2.45, 2.75) is 70.7 Å². The van der Waals surface area contributed by atoms with Crippen LogP contribution in [0.3, 0.4) is 0 Å². The lowest BCUT2D eigenvalue weighted by atomic mass is 9.73. The minimum Gasteiger partial charge on any atom is -0.488 e. The van der Waals surface area contributed by atoms with Crippen LogP contribution in [-0.4, -0.2) is 46.3 Å². The number of sulfonamides is 1. The Kier molecular flexibility index (Phi) is 9.63. The van der Waals surface area contributed by atoms with E-state index in [1.807, 2.05) is 44.2 Å². The van der Waals surface area contributed by atoms with Crippen molar-refractivity contribution in [1.29, 1.82) is 0 Å². The van der Waals surface area contributed by atoms with Gasteiger partial charge in [0, 0.05) is 23.9 Å². The van der Waals surface area contributed by atoms with Gasteiger partial charge in [0.15, 0.2) is 5.82 Å². The van der Waals surface area contributed by atoms with Crippen molar-refractivity contribution in [1.82, 2.24) is 19.3 Å². The summed E-state index contributed by atoms with van der Waals surface area (Å²) >= 11 is 8.04. The topological polar surface area (TPSA) is 104 Å². The van der Waals surface area contributed by atoms with E-state index in [1.54, 1.807) is 54.9 Å². The lowest BCUT2D eigenvalue weighted by molar-refractivity contribution is -0.156. The molecule has 2 aromatic heterocycles. The normalized spacial score (nSPS) is 17.0. The highest BCUT2D eigenvalue weighted by molar-refractivity contribution is 7.89. The van der Waals surface area contributed by atoms with Gasteiger partial charge in [-0.2, -0.15) is 4.31 Å². The van der Waals surface area contributed by atoms with Crippen LogP contribution in [0.4, 0.5) is 4.39 Å². The molecule has 0 fully saturated rings. The molecular weight excluding hydrogens is 675 g/mol. The largest absolute Gasteiger partial charge is 0.488 e. The molecule has 1 aliphatic rings. The zero-order valence-electron chi connectivity index (χ0n) is 27.0. The lowest BCUT2D eigenvalue weighted by Gasteiger charge is -2.32. The molecule has 0 amide bonds. The molecule has 0 saturated carbocycles. The number of para-hydroxylation sites is 1. The van der Waals surface area contributed by atoms with Gasteiger partial charge in [-0.25, -0.2) is 17.5 Å². The average molecular weight is 711 g/mol. The molecule has 2 atom stereocenters. The van der Waals surface area contributed by atoms with Crippen LogP contribution in [0.5, 0.6) is 5.75 Å². The Bertz CT molecular complexity index is 2070. The summed E-state index contributed by atoms with van der Waals surface area (Å²) < 4.78 is 59.4. The van der Waals surface area contributed by atoms with E-state index in [0.29, 0.717) is 39.0 Å². The second kappa shape index (κ2) is 13.6. The minimum absolute atomic E-state index is 0.0379. The van der Waals surface area contributed by atoms with Crippen LogP contribution in [0.2, 0.25) is 4.34 Å². The Labute approximate surface area is 288 Å². The first-order valence-corrected chi connectivity index (χ1v) is 18.4. The van der Waals surface area contributed by atoms with Gasteiger partial charge in [0.25, 0.3) is 0 Å². The second-order valence-electron chi connectivity index (χ2n) is 12.3. The predicted octanol–water partition coefficient (Wildman–Crippen LogP) is 7.57. The monoisotopic (exact) mass is 710 g/mol. The first-order chi connectivity index (χ1) is 22.9. The molecule has 6 rings (SSSR count). The van der Waals surface area contributed by atoms with Crippen molar-refractivity contribution in [3.63, 3.8) is 0 Å². The lowest BCUT2D eigenvalue weighted by Crippen LogP contribution is -2.36. The number of hydrogen-bond acceptors (Lipinski definition) is 8. The molecule has 0 unspecified atom stereocenters. The van der Waals surface area contributed by atoms with Gasteiger partial charge in [-0.15, -0.1) is 16.4 Å². The fourth-order valence-corrected chi connectivity index (χ4v) is 9.23. The van der Waals surface area contributed by atoms with E-state index in [2.05, 4.69) is 10.3 Å². The summed E-state index contributed by atoms with van der Waals surface area (Å²) in [4.78, 5) is 14.5. The Balaban J connectivity index is 1.41. The molecule has 0 spiro atoms. The van der Waals surface area contributed by atoms with Crippen LogP contribution < -0.4 is 4.74 Å². The van der Waals surface area contributed by atoms with Gasteiger partial charge in [0.2, 0.25) is 10.0 Å². The maximum Gasteiger partial charge on any atom is 0.312 e. The van der Waals surface area contributed by atoms with Crippen molar-refractivity contribution in [2.75, 3.05) is 6.54 Å². The summed E-state index contributed by atoms with van der Waals surface area (Å²) in [5.74, 6) is -1.68. The molecule has 48 heavy (non-hydrogen) atoms. The molecule has 0 N–H and O–H groups in total. The molecule has 13 heteroatoms. The van der Waals surface area contributed by atoms with Gasteiger partial charge in [0.05, 0.1) is 21.8 Å². The van der Waals surface area contributed by atoms with E-state index in [1.165, 1.54) is 21.7 Å². The van der Waals surface area contributed by atoms with Gasteiger partial charge in [-0.1, -0.05) is 72.3 Å². The number of aromatic nitrogens is 3. The smallest absolute Gasteiger partial charge is 0.312 e. The summed E-state index contributed by atoms with van der Waals surface area (Å²) in [5.41, 5.74) is 0.920. The highest BCUT2D eigenvalue weighted by Gasteiger charge is 2.44. The summed E-state index contributed by atoms with van der Waals surface area (Å²) in [6, 6.07) is 21.1. The highest BCUT2D eigenvalue weighted by Crippen LogP contribution is 2.48. The van der Waals surface area contributed by atoms with Crippen LogP contribution in [0, 0.1) is 11.2 Å². The van der Waals surface area contributed by atoms with Crippen LogP contribution in [0.25, 0.3) is 11.0 Å². The number of benzene rings is 3. The van der Waals surface area contributed by atoms with Crippen LogP contribution in [0.15, 0.2) is 77.7 Å². The number of ether oxygens (including phenoxy) is 2. The number of carbonyl (C=O) groups excluding carboxylic acids is 1. The Hall–Kier alpha value is -3.84. The first-order valence-electron chi connectivity index (χ1n) is 15.7. The zero-order chi connectivity index (χ0) is 34.2. The molecule has 0 bridgehead atoms. The molecule has 5 aromatic rings. The van der Waals surface area contributed by atoms with E-state index >= 15 is 4.39 Å². The number of carbonyl (C=O) groups is 1. The second-order valence-corrected chi connectivity index (χ2v) is 15.9. The number of fused-ring (bicyclic) bond motifs is 2. The molecule has 3 aromatic carbocycles. The van der Waals surface area contributed by atoms with Crippen molar-refractivity contribution in [3.05, 3.63) is 105 Å². The van der Waals surface area contributed by atoms with Crippen LogP contribution >= 0.6 is 22.9 Å². The van der Waals surface area contributed by atoms with E-state index in [-0.39, 0.29) is 41.8 Å². The number of esters is 1. The predicted molar refractivity (Wildman–Crippen MR) is 183 cm³/mol. The minimum atomic E-state index is -3.94. The van der Waals surface area contributed by atoms with Gasteiger partial charge >= 0.3 is 5.97 Å². The third-order valence-corrected chi connectivity index (χ3v) is 12.1. The van der Waals surface area contributed by atoms with Crippen LogP contribution in [0.1, 0.15) is 61.6 Å². The van der Waals surface area contributed by atoms with Gasteiger partial charge in [-0.05, 0) is 68.1 Å². The summed E-state index contributed by atoms with van der Waals surface area (Å²) in [6.45, 7) is 7.89. The van der Waals surface area contributed by atoms with E-state index in [9.17, 15) is 13.2 Å². The maximum atomic E-state index is 16.5. The maximum absolute atomic E-state index is 16.5. The van der Waals surface area contributed by atoms with E-state index in [0.717, 1.165) is 5.56 Å². The molecule has 0 aliphatic carbocycles. The van der Waals surface area contributed by atoms with Gasteiger partial charge in [-0.3, -0.25) is 4.79 Å². The highest BCUT2D eigenvalue weighted by atomic mass is 35.5. The average Bonchev–Trinajstić information content (AvgIpc) is 3.64. The van der Waals surface area contributed by atoms with E-state index in [4.69, 9.17) is 21.1 Å². The summed E-state index contributed by atoms with van der Waals surface area (Å²) in [7, 11) is -3.94. The van der Waals surface area contributed by atoms with Crippen molar-refractivity contribution < 1.29 is 27.1 Å². The molecule has 0 radical (unpaired) electrons. The van der Waals surface area contributed by atoms with Crippen molar-refractivity contribution >= 4 is 50.0 Å². The van der Waals surface area contributed by atoms with E-state index < -0.39 is 33.1 Å². The number of rotatable bonds is 10. The molecule has 252 valence electrons. The van der Waals surface area contributed by atoms with Gasteiger partial charge < -0.3 is 9.47 Å². The number of aryl methyl sites for hydroxylation is 1. The number of thiophene rings is 1. The first kappa shape index (κ1) is 34.0. The fourth-order valence-electron chi connectivity index (χ4n) is 6.07. The SMILES string of the molecule is CC[C@@H]1CN(Cc2cc([C@H](c3ccc4c(nnn4CC)c3F)C(C)(C)C(=O)OCc3ccccc3)sc2Cl)S(=O)(=O)c2ccccc2O1. The molecular formula is C35H36ClFN4O5S2. The molecule has 3 heterocycles. The number of hydrogen-bond donors (Lipinski definition) is 0. The third-order valence-electron chi connectivity index (χ3n) is 8.76. The van der Waals surface area contributed by atoms with Gasteiger partial charge in [0.1, 0.15) is 28.9 Å². The van der Waals surface area contributed by atoms with Crippen molar-refractivity contribution in [3.8, 4) is 5.75 Å². The summed E-state index contributed by atoms with van der Waals surface area (Å²) in [5, 5.41) is 8.19.